The number of benzene rings is 1. The van der Waals surface area contributed by atoms with E-state index >= 15 is 0 Å². The maximum Gasteiger partial charge on any atom is 0.118 e. The SMILES string of the molecule is N#Cc1ccc(C#CC2CCCO2)cc1. The third kappa shape index (κ3) is 2.59. The Bertz CT molecular complexity index is 424. The van der Waals surface area contributed by atoms with Gasteiger partial charge in [-0.05, 0) is 37.1 Å². The van der Waals surface area contributed by atoms with Gasteiger partial charge in [-0.15, -0.1) is 0 Å². The molecule has 1 fully saturated rings. The van der Waals surface area contributed by atoms with E-state index in [4.69, 9.17) is 10.00 Å². The molecule has 1 aliphatic heterocycles. The van der Waals surface area contributed by atoms with Gasteiger partial charge in [-0.3, -0.25) is 0 Å². The van der Waals surface area contributed by atoms with Gasteiger partial charge in [0.2, 0.25) is 0 Å². The molecule has 0 bridgehead atoms. The Kier molecular flexibility index (Phi) is 3.02. The Balaban J connectivity index is 2.07. The van der Waals surface area contributed by atoms with Gasteiger partial charge in [0.1, 0.15) is 6.10 Å². The molecule has 1 heterocycles. The lowest BCUT2D eigenvalue weighted by atomic mass is 10.1. The second kappa shape index (κ2) is 4.64. The lowest BCUT2D eigenvalue weighted by Crippen LogP contribution is -1.99. The Morgan fingerprint density at radius 2 is 1.93 bits per heavy atom. The maximum atomic E-state index is 8.62. The van der Waals surface area contributed by atoms with Crippen LogP contribution in [-0.4, -0.2) is 12.7 Å². The second-order valence-electron chi connectivity index (χ2n) is 3.46. The number of rotatable bonds is 0. The van der Waals surface area contributed by atoms with Gasteiger partial charge >= 0.3 is 0 Å². The summed E-state index contributed by atoms with van der Waals surface area (Å²) < 4.78 is 5.39. The molecule has 2 nitrogen and oxygen atoms in total. The minimum Gasteiger partial charge on any atom is -0.366 e. The first-order valence-electron chi connectivity index (χ1n) is 5.02. The Morgan fingerprint density at radius 1 is 1.20 bits per heavy atom. The summed E-state index contributed by atoms with van der Waals surface area (Å²) in [6, 6.07) is 9.36. The Morgan fingerprint density at radius 3 is 2.53 bits per heavy atom. The van der Waals surface area contributed by atoms with E-state index in [1.807, 2.05) is 12.1 Å². The summed E-state index contributed by atoms with van der Waals surface area (Å²) in [7, 11) is 0. The zero-order chi connectivity index (χ0) is 10.5. The van der Waals surface area contributed by atoms with Crippen molar-refractivity contribution < 1.29 is 4.74 Å². The first kappa shape index (κ1) is 9.77. The molecule has 0 amide bonds. The minimum absolute atomic E-state index is 0.0978. The molecule has 0 N–H and O–H groups in total. The van der Waals surface area contributed by atoms with Crippen molar-refractivity contribution in [2.45, 2.75) is 18.9 Å². The van der Waals surface area contributed by atoms with Gasteiger partial charge in [-0.2, -0.15) is 5.26 Å². The molecule has 1 aromatic rings. The predicted octanol–water partition coefficient (Wildman–Crippen LogP) is 2.09. The van der Waals surface area contributed by atoms with Crippen molar-refractivity contribution in [3.05, 3.63) is 35.4 Å². The summed E-state index contributed by atoms with van der Waals surface area (Å²) in [4.78, 5) is 0. The van der Waals surface area contributed by atoms with Crippen molar-refractivity contribution in [2.24, 2.45) is 0 Å². The lowest BCUT2D eigenvalue weighted by Gasteiger charge is -1.97. The van der Waals surface area contributed by atoms with Crippen LogP contribution in [0.4, 0.5) is 0 Å². The Labute approximate surface area is 89.5 Å². The molecule has 0 saturated carbocycles. The van der Waals surface area contributed by atoms with Crippen LogP contribution in [-0.2, 0) is 4.74 Å². The monoisotopic (exact) mass is 197 g/mol. The molecular weight excluding hydrogens is 186 g/mol. The molecule has 15 heavy (non-hydrogen) atoms. The number of hydrogen-bond acceptors (Lipinski definition) is 2. The van der Waals surface area contributed by atoms with E-state index in [2.05, 4.69) is 17.9 Å². The maximum absolute atomic E-state index is 8.62. The highest BCUT2D eigenvalue weighted by Gasteiger charge is 2.11. The summed E-state index contributed by atoms with van der Waals surface area (Å²) in [5.74, 6) is 6.13. The molecule has 1 aromatic carbocycles. The zero-order valence-corrected chi connectivity index (χ0v) is 8.36. The van der Waals surface area contributed by atoms with Crippen LogP contribution in [0.1, 0.15) is 24.0 Å². The second-order valence-corrected chi connectivity index (χ2v) is 3.46. The topological polar surface area (TPSA) is 33.0 Å². The third-order valence-corrected chi connectivity index (χ3v) is 2.32. The van der Waals surface area contributed by atoms with Gasteiger partial charge in [0.25, 0.3) is 0 Å². The first-order chi connectivity index (χ1) is 7.38. The number of nitrogens with zero attached hydrogens (tertiary/aromatic N) is 1. The minimum atomic E-state index is 0.0978. The summed E-state index contributed by atoms with van der Waals surface area (Å²) in [6.45, 7) is 0.826. The largest absolute Gasteiger partial charge is 0.366 e. The highest BCUT2D eigenvalue weighted by atomic mass is 16.5. The van der Waals surface area contributed by atoms with Gasteiger partial charge in [0.05, 0.1) is 11.6 Å². The van der Waals surface area contributed by atoms with Crippen molar-refractivity contribution in [2.75, 3.05) is 6.61 Å². The van der Waals surface area contributed by atoms with Crippen LogP contribution in [0.3, 0.4) is 0 Å². The highest BCUT2D eigenvalue weighted by molar-refractivity contribution is 5.40. The molecule has 1 atom stereocenters. The van der Waals surface area contributed by atoms with E-state index in [0.717, 1.165) is 25.0 Å². The quantitative estimate of drug-likeness (QED) is 0.596. The van der Waals surface area contributed by atoms with Crippen LogP contribution in [0.2, 0.25) is 0 Å². The number of nitriles is 1. The van der Waals surface area contributed by atoms with E-state index in [-0.39, 0.29) is 6.10 Å². The van der Waals surface area contributed by atoms with Crippen LogP contribution >= 0.6 is 0 Å². The summed E-state index contributed by atoms with van der Waals surface area (Å²) in [5, 5.41) is 8.62. The summed E-state index contributed by atoms with van der Waals surface area (Å²) >= 11 is 0. The van der Waals surface area contributed by atoms with Crippen LogP contribution < -0.4 is 0 Å². The summed E-state index contributed by atoms with van der Waals surface area (Å²) in [5.41, 5.74) is 1.60. The van der Waals surface area contributed by atoms with Crippen molar-refractivity contribution in [3.8, 4) is 17.9 Å². The van der Waals surface area contributed by atoms with Gasteiger partial charge in [0.15, 0.2) is 0 Å². The molecule has 74 valence electrons. The average Bonchev–Trinajstić information content (AvgIpc) is 2.80. The normalized spacial score (nSPS) is 19.0. The van der Waals surface area contributed by atoms with Gasteiger partial charge in [0, 0.05) is 12.2 Å². The van der Waals surface area contributed by atoms with E-state index in [0.29, 0.717) is 5.56 Å². The number of ether oxygens (including phenoxy) is 1. The molecule has 0 aliphatic carbocycles. The van der Waals surface area contributed by atoms with E-state index in [1.54, 1.807) is 12.1 Å². The molecule has 0 aromatic heterocycles. The summed E-state index contributed by atoms with van der Waals surface area (Å²) in [6.07, 6.45) is 2.23. The molecule has 1 aliphatic rings. The fraction of sp³-hybridized carbons (Fsp3) is 0.308. The predicted molar refractivity (Wildman–Crippen MR) is 57.0 cm³/mol. The van der Waals surface area contributed by atoms with Crippen molar-refractivity contribution in [1.29, 1.82) is 5.26 Å². The fourth-order valence-corrected chi connectivity index (χ4v) is 1.48. The van der Waals surface area contributed by atoms with Crippen molar-refractivity contribution in [3.63, 3.8) is 0 Å². The fourth-order valence-electron chi connectivity index (χ4n) is 1.48. The van der Waals surface area contributed by atoms with Crippen LogP contribution in [0, 0.1) is 23.2 Å². The lowest BCUT2D eigenvalue weighted by molar-refractivity contribution is 0.152. The molecule has 0 spiro atoms. The molecule has 2 rings (SSSR count). The molecule has 1 saturated heterocycles. The molecule has 1 unspecified atom stereocenters. The van der Waals surface area contributed by atoms with Crippen LogP contribution in [0.5, 0.6) is 0 Å². The van der Waals surface area contributed by atoms with Crippen molar-refractivity contribution in [1.82, 2.24) is 0 Å². The van der Waals surface area contributed by atoms with Crippen LogP contribution in [0.15, 0.2) is 24.3 Å². The first-order valence-corrected chi connectivity index (χ1v) is 5.02. The van der Waals surface area contributed by atoms with Crippen molar-refractivity contribution >= 4 is 0 Å². The number of hydrogen-bond donors (Lipinski definition) is 0. The van der Waals surface area contributed by atoms with E-state index in [9.17, 15) is 0 Å². The smallest absolute Gasteiger partial charge is 0.118 e. The zero-order valence-electron chi connectivity index (χ0n) is 8.36. The molecule has 2 heteroatoms. The van der Waals surface area contributed by atoms with Gasteiger partial charge < -0.3 is 4.74 Å². The average molecular weight is 197 g/mol. The Hall–Kier alpha value is -1.77. The molecular formula is C13H11NO. The standard InChI is InChI=1S/C13H11NO/c14-10-12-5-3-11(4-6-12)7-8-13-2-1-9-15-13/h3-6,13H,1-2,9H2. The highest BCUT2D eigenvalue weighted by Crippen LogP contribution is 2.10. The van der Waals surface area contributed by atoms with Crippen LogP contribution in [0.25, 0.3) is 0 Å². The third-order valence-electron chi connectivity index (χ3n) is 2.32. The van der Waals surface area contributed by atoms with Gasteiger partial charge in [-0.1, -0.05) is 11.8 Å². The molecule has 0 radical (unpaired) electrons. The van der Waals surface area contributed by atoms with E-state index < -0.39 is 0 Å². The van der Waals surface area contributed by atoms with Gasteiger partial charge in [-0.25, -0.2) is 0 Å². The van der Waals surface area contributed by atoms with E-state index in [1.165, 1.54) is 0 Å².